The fraction of sp³-hybridized carbons (Fsp3) is 0.562. The van der Waals surface area contributed by atoms with Crippen molar-refractivity contribution in [3.63, 3.8) is 0 Å². The van der Waals surface area contributed by atoms with Gasteiger partial charge in [-0.3, -0.25) is 4.99 Å². The summed E-state index contributed by atoms with van der Waals surface area (Å²) in [6.07, 6.45) is 2.93. The van der Waals surface area contributed by atoms with Gasteiger partial charge >= 0.3 is 0 Å². The lowest BCUT2D eigenvalue weighted by Crippen LogP contribution is -2.38. The number of nitrogens with one attached hydrogen (secondary N) is 2. The van der Waals surface area contributed by atoms with Gasteiger partial charge in [0, 0.05) is 18.5 Å². The van der Waals surface area contributed by atoms with Crippen LogP contribution in [-0.2, 0) is 6.42 Å². The van der Waals surface area contributed by atoms with Crippen LogP contribution in [0.4, 0.5) is 4.39 Å². The van der Waals surface area contributed by atoms with E-state index in [-0.39, 0.29) is 17.8 Å². The molecule has 0 heterocycles. The number of hydrogen-bond acceptors (Lipinski definition) is 2. The van der Waals surface area contributed by atoms with Crippen molar-refractivity contribution >= 4 is 5.96 Å². The lowest BCUT2D eigenvalue weighted by Gasteiger charge is -2.13. The third-order valence-electron chi connectivity index (χ3n) is 3.83. The second kappa shape index (κ2) is 7.41. The summed E-state index contributed by atoms with van der Waals surface area (Å²) in [4.78, 5) is 4.54. The maximum Gasteiger partial charge on any atom is 0.191 e. The van der Waals surface area contributed by atoms with E-state index < -0.39 is 0 Å². The van der Waals surface area contributed by atoms with Gasteiger partial charge in [-0.25, -0.2) is 4.39 Å². The van der Waals surface area contributed by atoms with Gasteiger partial charge in [-0.15, -0.1) is 0 Å². The molecule has 1 aromatic rings. The van der Waals surface area contributed by atoms with Gasteiger partial charge in [0.15, 0.2) is 5.96 Å². The van der Waals surface area contributed by atoms with Gasteiger partial charge in [0.25, 0.3) is 0 Å². The molecule has 3 N–H and O–H groups in total. The van der Waals surface area contributed by atoms with Gasteiger partial charge in [-0.2, -0.15) is 0 Å². The number of rotatable bonds is 7. The number of benzene rings is 1. The Hall–Kier alpha value is -1.62. The van der Waals surface area contributed by atoms with E-state index in [1.807, 2.05) is 6.92 Å². The molecule has 0 atom stereocenters. The lowest BCUT2D eigenvalue weighted by atomic mass is 10.1. The Labute approximate surface area is 125 Å². The molecule has 0 aliphatic heterocycles. The first-order chi connectivity index (χ1) is 10.2. The van der Waals surface area contributed by atoms with Gasteiger partial charge in [0.05, 0.1) is 13.2 Å². The van der Waals surface area contributed by atoms with Crippen molar-refractivity contribution in [1.29, 1.82) is 0 Å². The van der Waals surface area contributed by atoms with Gasteiger partial charge in [-0.1, -0.05) is 12.1 Å². The minimum absolute atomic E-state index is 0.0271. The molecule has 1 saturated carbocycles. The highest BCUT2D eigenvalue weighted by atomic mass is 19.1. The Morgan fingerprint density at radius 1 is 1.29 bits per heavy atom. The zero-order chi connectivity index (χ0) is 15.1. The fourth-order valence-corrected chi connectivity index (χ4v) is 2.11. The Morgan fingerprint density at radius 3 is 2.57 bits per heavy atom. The van der Waals surface area contributed by atoms with Crippen molar-refractivity contribution in [2.75, 3.05) is 26.2 Å². The first-order valence-electron chi connectivity index (χ1n) is 7.55. The quantitative estimate of drug-likeness (QED) is 0.530. The second-order valence-electron chi connectivity index (χ2n) is 5.66. The minimum Gasteiger partial charge on any atom is -0.396 e. The molecule has 0 unspecified atom stereocenters. The van der Waals surface area contributed by atoms with Crippen LogP contribution in [0, 0.1) is 11.2 Å². The maximum absolute atomic E-state index is 12.8. The number of guanidine groups is 1. The molecule has 4 nitrogen and oxygen atoms in total. The van der Waals surface area contributed by atoms with Crippen molar-refractivity contribution in [3.05, 3.63) is 35.6 Å². The zero-order valence-electron chi connectivity index (χ0n) is 12.5. The van der Waals surface area contributed by atoms with E-state index in [1.54, 1.807) is 12.1 Å². The van der Waals surface area contributed by atoms with E-state index in [2.05, 4.69) is 15.6 Å². The molecule has 0 radical (unpaired) electrons. The molecule has 2 rings (SSSR count). The SMILES string of the molecule is CCNC(=NCC1(CO)CC1)NCCc1ccc(F)cc1. The van der Waals surface area contributed by atoms with Crippen LogP contribution < -0.4 is 10.6 Å². The van der Waals surface area contributed by atoms with Crippen molar-refractivity contribution < 1.29 is 9.50 Å². The molecule has 1 aliphatic rings. The van der Waals surface area contributed by atoms with Crippen LogP contribution in [0.2, 0.25) is 0 Å². The monoisotopic (exact) mass is 293 g/mol. The molecule has 0 amide bonds. The van der Waals surface area contributed by atoms with Gasteiger partial charge in [0.1, 0.15) is 5.82 Å². The van der Waals surface area contributed by atoms with Crippen molar-refractivity contribution in [2.24, 2.45) is 10.4 Å². The number of halogens is 1. The molecule has 0 saturated heterocycles. The van der Waals surface area contributed by atoms with Crippen LogP contribution in [0.25, 0.3) is 0 Å². The number of aliphatic hydroxyl groups excluding tert-OH is 1. The zero-order valence-corrected chi connectivity index (χ0v) is 12.5. The standard InChI is InChI=1S/C16H24FN3O/c1-2-18-15(20-11-16(12-21)8-9-16)19-10-7-13-3-5-14(17)6-4-13/h3-6,21H,2,7-12H2,1H3,(H2,18,19,20). The van der Waals surface area contributed by atoms with Gasteiger partial charge < -0.3 is 15.7 Å². The molecule has 5 heteroatoms. The normalized spacial score (nSPS) is 16.6. The lowest BCUT2D eigenvalue weighted by molar-refractivity contribution is 0.217. The molecule has 1 aromatic carbocycles. The van der Waals surface area contributed by atoms with E-state index in [0.29, 0.717) is 6.54 Å². The Balaban J connectivity index is 1.79. The van der Waals surface area contributed by atoms with Crippen LogP contribution in [0.1, 0.15) is 25.3 Å². The average Bonchev–Trinajstić information content (AvgIpc) is 3.27. The molecule has 0 spiro atoms. The summed E-state index contributed by atoms with van der Waals surface area (Å²) in [6.45, 7) is 4.44. The van der Waals surface area contributed by atoms with E-state index in [1.165, 1.54) is 12.1 Å². The molecule has 1 aliphatic carbocycles. The molecule has 21 heavy (non-hydrogen) atoms. The molecular formula is C16H24FN3O. The smallest absolute Gasteiger partial charge is 0.191 e. The first kappa shape index (κ1) is 15.8. The minimum atomic E-state index is -0.208. The molecular weight excluding hydrogens is 269 g/mol. The first-order valence-corrected chi connectivity index (χ1v) is 7.55. The van der Waals surface area contributed by atoms with Crippen LogP contribution >= 0.6 is 0 Å². The summed E-state index contributed by atoms with van der Waals surface area (Å²) >= 11 is 0. The van der Waals surface area contributed by atoms with Crippen LogP contribution in [0.15, 0.2) is 29.3 Å². The molecule has 0 bridgehead atoms. The summed E-state index contributed by atoms with van der Waals surface area (Å²) in [6, 6.07) is 6.55. The number of nitrogens with zero attached hydrogens (tertiary/aromatic N) is 1. The third kappa shape index (κ3) is 5.01. The molecule has 116 valence electrons. The fourth-order valence-electron chi connectivity index (χ4n) is 2.11. The van der Waals surface area contributed by atoms with Crippen LogP contribution in [-0.4, -0.2) is 37.3 Å². The van der Waals surface area contributed by atoms with Crippen LogP contribution in [0.3, 0.4) is 0 Å². The highest BCUT2D eigenvalue weighted by molar-refractivity contribution is 5.79. The highest BCUT2D eigenvalue weighted by Gasteiger charge is 2.41. The number of hydrogen-bond donors (Lipinski definition) is 3. The van der Waals surface area contributed by atoms with E-state index in [4.69, 9.17) is 0 Å². The second-order valence-corrected chi connectivity index (χ2v) is 5.66. The molecule has 1 fully saturated rings. The van der Waals surface area contributed by atoms with Gasteiger partial charge in [0.2, 0.25) is 0 Å². The summed E-state index contributed by atoms with van der Waals surface area (Å²) in [7, 11) is 0. The van der Waals surface area contributed by atoms with E-state index in [9.17, 15) is 9.50 Å². The number of aliphatic imine (C=N–C) groups is 1. The Morgan fingerprint density at radius 2 is 2.00 bits per heavy atom. The topological polar surface area (TPSA) is 56.7 Å². The maximum atomic E-state index is 12.8. The summed E-state index contributed by atoms with van der Waals surface area (Å²) < 4.78 is 12.8. The van der Waals surface area contributed by atoms with E-state index >= 15 is 0 Å². The largest absolute Gasteiger partial charge is 0.396 e. The van der Waals surface area contributed by atoms with Crippen molar-refractivity contribution in [1.82, 2.24) is 10.6 Å². The Bertz CT molecular complexity index is 469. The summed E-state index contributed by atoms with van der Waals surface area (Å²) in [5, 5.41) is 15.8. The number of aliphatic hydroxyl groups is 1. The molecule has 0 aromatic heterocycles. The summed E-state index contributed by atoms with van der Waals surface area (Å²) in [5.74, 6) is 0.569. The average molecular weight is 293 g/mol. The summed E-state index contributed by atoms with van der Waals surface area (Å²) in [5.41, 5.74) is 1.12. The predicted molar refractivity (Wildman–Crippen MR) is 82.8 cm³/mol. The highest BCUT2D eigenvalue weighted by Crippen LogP contribution is 2.45. The van der Waals surface area contributed by atoms with E-state index in [0.717, 1.165) is 43.9 Å². The van der Waals surface area contributed by atoms with Crippen molar-refractivity contribution in [3.8, 4) is 0 Å². The Kier molecular flexibility index (Phi) is 5.56. The van der Waals surface area contributed by atoms with Crippen LogP contribution in [0.5, 0.6) is 0 Å². The van der Waals surface area contributed by atoms with Crippen molar-refractivity contribution in [2.45, 2.75) is 26.2 Å². The third-order valence-corrected chi connectivity index (χ3v) is 3.83. The predicted octanol–water partition coefficient (Wildman–Crippen LogP) is 1.70. The van der Waals surface area contributed by atoms with Gasteiger partial charge in [-0.05, 0) is 43.9 Å².